The Hall–Kier alpha value is -0.820. The molecule has 1 aromatic carbocycles. The second-order valence-electron chi connectivity index (χ2n) is 3.57. The van der Waals surface area contributed by atoms with E-state index in [9.17, 15) is 13.2 Å². The fourth-order valence-corrected chi connectivity index (χ4v) is 1.84. The Labute approximate surface area is 117 Å². The number of hydrogen-bond acceptors (Lipinski definition) is 1. The summed E-state index contributed by atoms with van der Waals surface area (Å²) in [6.07, 6.45) is -3.58. The molecule has 0 spiro atoms. The van der Waals surface area contributed by atoms with Gasteiger partial charge in [0.1, 0.15) is 0 Å². The lowest BCUT2D eigenvalue weighted by Gasteiger charge is -2.16. The van der Waals surface area contributed by atoms with Gasteiger partial charge in [-0.3, -0.25) is 0 Å². The maximum atomic E-state index is 12.8. The van der Waals surface area contributed by atoms with Gasteiger partial charge in [0, 0.05) is 11.0 Å². The first-order valence-corrected chi connectivity index (χ1v) is 6.46. The van der Waals surface area contributed by atoms with Crippen LogP contribution in [0.1, 0.15) is 18.9 Å². The van der Waals surface area contributed by atoms with Crippen molar-refractivity contribution in [3.05, 3.63) is 28.2 Å². The highest BCUT2D eigenvalue weighted by molar-refractivity contribution is 9.10. The lowest BCUT2D eigenvalue weighted by molar-refractivity contribution is -0.136. The molecule has 0 saturated heterocycles. The number of thiocarbonyl (C=S) groups is 1. The van der Waals surface area contributed by atoms with Gasteiger partial charge < -0.3 is 10.6 Å². The van der Waals surface area contributed by atoms with Gasteiger partial charge in [-0.25, -0.2) is 0 Å². The lowest BCUT2D eigenvalue weighted by Crippen LogP contribution is -2.29. The van der Waals surface area contributed by atoms with Crippen molar-refractivity contribution in [3.63, 3.8) is 0 Å². The van der Waals surface area contributed by atoms with Gasteiger partial charge >= 0.3 is 6.18 Å². The van der Waals surface area contributed by atoms with Crippen LogP contribution < -0.4 is 10.6 Å². The predicted octanol–water partition coefficient (Wildman–Crippen LogP) is 4.16. The summed E-state index contributed by atoms with van der Waals surface area (Å²) in [7, 11) is 0. The van der Waals surface area contributed by atoms with Crippen LogP contribution in [0.15, 0.2) is 22.7 Å². The van der Waals surface area contributed by atoms with E-state index in [0.717, 1.165) is 12.5 Å². The monoisotopic (exact) mass is 340 g/mol. The van der Waals surface area contributed by atoms with Gasteiger partial charge in [0.25, 0.3) is 0 Å². The van der Waals surface area contributed by atoms with Gasteiger partial charge in [-0.1, -0.05) is 22.9 Å². The van der Waals surface area contributed by atoms with Crippen molar-refractivity contribution in [3.8, 4) is 0 Å². The Morgan fingerprint density at radius 2 is 2.06 bits per heavy atom. The smallest absolute Gasteiger partial charge is 0.362 e. The van der Waals surface area contributed by atoms with Crippen LogP contribution in [0.25, 0.3) is 0 Å². The predicted molar refractivity (Wildman–Crippen MR) is 73.7 cm³/mol. The fraction of sp³-hybridized carbons (Fsp3) is 0.364. The number of benzene rings is 1. The van der Waals surface area contributed by atoms with Crippen LogP contribution in [0.2, 0.25) is 0 Å². The number of rotatable bonds is 3. The normalized spacial score (nSPS) is 11.2. The molecule has 2 nitrogen and oxygen atoms in total. The SMILES string of the molecule is CCCNC(=S)Nc1ccc(Br)cc1C(F)(F)F. The average molecular weight is 341 g/mol. The molecule has 0 aliphatic carbocycles. The van der Waals surface area contributed by atoms with Crippen LogP contribution in [-0.4, -0.2) is 11.7 Å². The summed E-state index contributed by atoms with van der Waals surface area (Å²) in [5.74, 6) is 0. The van der Waals surface area contributed by atoms with E-state index in [4.69, 9.17) is 12.2 Å². The molecule has 1 rings (SSSR count). The molecule has 7 heteroatoms. The van der Waals surface area contributed by atoms with Crippen LogP contribution in [0, 0.1) is 0 Å². The van der Waals surface area contributed by atoms with Crippen LogP contribution in [0.3, 0.4) is 0 Å². The molecular weight excluding hydrogens is 329 g/mol. The summed E-state index contributed by atoms with van der Waals surface area (Å²) in [5, 5.41) is 5.56. The Balaban J connectivity index is 2.92. The third kappa shape index (κ3) is 4.45. The Bertz CT molecular complexity index is 435. The summed E-state index contributed by atoms with van der Waals surface area (Å²) < 4.78 is 38.8. The highest BCUT2D eigenvalue weighted by Gasteiger charge is 2.33. The average Bonchev–Trinajstić information content (AvgIpc) is 2.27. The number of halogens is 4. The molecule has 0 unspecified atom stereocenters. The second kappa shape index (κ2) is 6.38. The molecule has 100 valence electrons. The van der Waals surface area contributed by atoms with E-state index in [1.54, 1.807) is 0 Å². The van der Waals surface area contributed by atoms with E-state index in [1.165, 1.54) is 12.1 Å². The lowest BCUT2D eigenvalue weighted by atomic mass is 10.1. The minimum atomic E-state index is -4.42. The molecule has 18 heavy (non-hydrogen) atoms. The molecule has 0 amide bonds. The van der Waals surface area contributed by atoms with E-state index in [-0.39, 0.29) is 10.8 Å². The number of nitrogens with one attached hydrogen (secondary N) is 2. The highest BCUT2D eigenvalue weighted by Crippen LogP contribution is 2.36. The first-order valence-electron chi connectivity index (χ1n) is 5.26. The zero-order chi connectivity index (χ0) is 13.8. The van der Waals surface area contributed by atoms with Crippen molar-refractivity contribution in [2.24, 2.45) is 0 Å². The maximum absolute atomic E-state index is 12.8. The quantitative estimate of drug-likeness (QED) is 0.807. The van der Waals surface area contributed by atoms with Crippen molar-refractivity contribution >= 4 is 38.9 Å². The van der Waals surface area contributed by atoms with Crippen molar-refractivity contribution < 1.29 is 13.2 Å². The van der Waals surface area contributed by atoms with Crippen molar-refractivity contribution in [1.29, 1.82) is 0 Å². The molecule has 1 aromatic rings. The largest absolute Gasteiger partial charge is 0.418 e. The molecule has 0 aromatic heterocycles. The van der Waals surface area contributed by atoms with E-state index in [1.807, 2.05) is 6.92 Å². The molecule has 0 heterocycles. The van der Waals surface area contributed by atoms with Crippen LogP contribution in [0.4, 0.5) is 18.9 Å². The van der Waals surface area contributed by atoms with Crippen molar-refractivity contribution in [2.45, 2.75) is 19.5 Å². The van der Waals surface area contributed by atoms with Gasteiger partial charge in [-0.05, 0) is 36.8 Å². The fourth-order valence-electron chi connectivity index (χ4n) is 1.27. The van der Waals surface area contributed by atoms with Gasteiger partial charge in [-0.15, -0.1) is 0 Å². The summed E-state index contributed by atoms with van der Waals surface area (Å²) >= 11 is 7.94. The molecule has 0 aliphatic rings. The first-order chi connectivity index (χ1) is 8.34. The molecule has 2 N–H and O–H groups in total. The minimum Gasteiger partial charge on any atom is -0.362 e. The molecule has 0 radical (unpaired) electrons. The summed E-state index contributed by atoms with van der Waals surface area (Å²) in [6, 6.07) is 3.89. The zero-order valence-electron chi connectivity index (χ0n) is 9.57. The summed E-state index contributed by atoms with van der Waals surface area (Å²) in [5.41, 5.74) is -0.808. The minimum absolute atomic E-state index is 0.0562. The zero-order valence-corrected chi connectivity index (χ0v) is 12.0. The molecule has 0 aliphatic heterocycles. The van der Waals surface area contributed by atoms with Gasteiger partial charge in [0.2, 0.25) is 0 Å². The molecule has 0 saturated carbocycles. The standard InChI is InChI=1S/C11H12BrF3N2S/c1-2-5-16-10(18)17-9-4-3-7(12)6-8(9)11(13,14)15/h3-4,6H,2,5H2,1H3,(H2,16,17,18). The number of anilines is 1. The van der Waals surface area contributed by atoms with Crippen molar-refractivity contribution in [1.82, 2.24) is 5.32 Å². The molecule has 0 fully saturated rings. The van der Waals surface area contributed by atoms with Gasteiger partial charge in [0.05, 0.1) is 11.3 Å². The van der Waals surface area contributed by atoms with Crippen LogP contribution >= 0.6 is 28.1 Å². The van der Waals surface area contributed by atoms with Gasteiger partial charge in [0.15, 0.2) is 5.11 Å². The molecular formula is C11H12BrF3N2S. The number of alkyl halides is 3. The van der Waals surface area contributed by atoms with Gasteiger partial charge in [-0.2, -0.15) is 13.2 Å². The Morgan fingerprint density at radius 3 is 2.61 bits per heavy atom. The van der Waals surface area contributed by atoms with Crippen LogP contribution in [-0.2, 0) is 6.18 Å². The second-order valence-corrected chi connectivity index (χ2v) is 4.89. The molecule has 0 atom stereocenters. The summed E-state index contributed by atoms with van der Waals surface area (Å²) in [6.45, 7) is 2.56. The Kier molecular flexibility index (Phi) is 5.40. The highest BCUT2D eigenvalue weighted by atomic mass is 79.9. The van der Waals surface area contributed by atoms with Crippen LogP contribution in [0.5, 0.6) is 0 Å². The summed E-state index contributed by atoms with van der Waals surface area (Å²) in [4.78, 5) is 0. The first kappa shape index (κ1) is 15.2. The third-order valence-electron chi connectivity index (χ3n) is 2.07. The Morgan fingerprint density at radius 1 is 1.39 bits per heavy atom. The van der Waals surface area contributed by atoms with E-state index < -0.39 is 11.7 Å². The topological polar surface area (TPSA) is 24.1 Å². The van der Waals surface area contributed by atoms with E-state index in [0.29, 0.717) is 11.0 Å². The van der Waals surface area contributed by atoms with E-state index in [2.05, 4.69) is 26.6 Å². The third-order valence-corrected chi connectivity index (χ3v) is 2.81. The van der Waals surface area contributed by atoms with Crippen molar-refractivity contribution in [2.75, 3.05) is 11.9 Å². The number of hydrogen-bond donors (Lipinski definition) is 2. The maximum Gasteiger partial charge on any atom is 0.418 e. The molecule has 0 bridgehead atoms. The van der Waals surface area contributed by atoms with E-state index >= 15 is 0 Å².